The molecule has 0 aromatic carbocycles. The van der Waals surface area contributed by atoms with Crippen LogP contribution >= 0.6 is 0 Å². The molecule has 0 aromatic heterocycles. The van der Waals surface area contributed by atoms with E-state index in [0.29, 0.717) is 12.7 Å². The van der Waals surface area contributed by atoms with Gasteiger partial charge in [0, 0.05) is 6.54 Å². The quantitative estimate of drug-likeness (QED) is 0.0570. The molecule has 3 nitrogen and oxygen atoms in total. The predicted molar refractivity (Wildman–Crippen MR) is 161 cm³/mol. The Kier molecular flexibility index (Phi) is 31.6. The van der Waals surface area contributed by atoms with Crippen molar-refractivity contribution in [1.82, 2.24) is 0 Å². The van der Waals surface area contributed by atoms with Crippen molar-refractivity contribution in [2.45, 2.75) is 188 Å². The second-order valence-corrected chi connectivity index (χ2v) is 10.9. The van der Waals surface area contributed by atoms with Gasteiger partial charge in [0.15, 0.2) is 0 Å². The average molecular weight is 510 g/mol. The molecular formula is C33H67NO2. The molecule has 0 bridgehead atoms. The fourth-order valence-corrected chi connectivity index (χ4v) is 4.84. The van der Waals surface area contributed by atoms with Crippen molar-refractivity contribution in [1.29, 1.82) is 0 Å². The van der Waals surface area contributed by atoms with E-state index >= 15 is 0 Å². The third-order valence-electron chi connectivity index (χ3n) is 7.24. The number of ether oxygens (including phenoxy) is 2. The van der Waals surface area contributed by atoms with Gasteiger partial charge >= 0.3 is 6.08 Å². The summed E-state index contributed by atoms with van der Waals surface area (Å²) in [6.45, 7) is 8.80. The summed E-state index contributed by atoms with van der Waals surface area (Å²) in [5, 5.41) is 0. The molecule has 0 aliphatic heterocycles. The maximum Gasteiger partial charge on any atom is 0.383 e. The van der Waals surface area contributed by atoms with Crippen molar-refractivity contribution >= 4 is 6.08 Å². The van der Waals surface area contributed by atoms with Crippen LogP contribution in [0, 0.1) is 0 Å². The second-order valence-electron chi connectivity index (χ2n) is 10.9. The standard InChI is InChI=1S/C33H67NO2/c1-4-7-9-11-13-15-17-18-19-20-21-22-23-25-27-29-31-34-33(35-6-3)36-32-30-28-26-24-16-14-12-10-8-5-2/h4-32H2,1-3H3. The molecule has 0 amide bonds. The summed E-state index contributed by atoms with van der Waals surface area (Å²) in [5.74, 6) is 0. The first kappa shape index (κ1) is 35.3. The number of unbranched alkanes of at least 4 members (excludes halogenated alkanes) is 24. The lowest BCUT2D eigenvalue weighted by atomic mass is 10.0. The lowest BCUT2D eigenvalue weighted by Crippen LogP contribution is -2.11. The largest absolute Gasteiger partial charge is 0.451 e. The lowest BCUT2D eigenvalue weighted by molar-refractivity contribution is 0.168. The van der Waals surface area contributed by atoms with Crippen LogP contribution in [0.2, 0.25) is 0 Å². The molecule has 3 heteroatoms. The van der Waals surface area contributed by atoms with Crippen LogP contribution in [0.15, 0.2) is 4.99 Å². The van der Waals surface area contributed by atoms with Gasteiger partial charge in [0.25, 0.3) is 0 Å². The summed E-state index contributed by atoms with van der Waals surface area (Å²) in [6, 6.07) is 0. The van der Waals surface area contributed by atoms with Crippen molar-refractivity contribution in [2.24, 2.45) is 4.99 Å². The van der Waals surface area contributed by atoms with E-state index in [4.69, 9.17) is 9.47 Å². The molecule has 0 aliphatic rings. The van der Waals surface area contributed by atoms with Gasteiger partial charge in [-0.2, -0.15) is 0 Å². The summed E-state index contributed by atoms with van der Waals surface area (Å²) in [5.41, 5.74) is 0. The van der Waals surface area contributed by atoms with Gasteiger partial charge < -0.3 is 9.47 Å². The Morgan fingerprint density at radius 2 is 0.722 bits per heavy atom. The number of aliphatic imine (C=N–C) groups is 1. The fourth-order valence-electron chi connectivity index (χ4n) is 4.84. The molecule has 0 N–H and O–H groups in total. The molecule has 0 rings (SSSR count). The van der Waals surface area contributed by atoms with E-state index in [0.717, 1.165) is 26.0 Å². The van der Waals surface area contributed by atoms with E-state index in [2.05, 4.69) is 18.8 Å². The molecule has 0 unspecified atom stereocenters. The Balaban J connectivity index is 3.44. The number of rotatable bonds is 29. The Morgan fingerprint density at radius 1 is 0.389 bits per heavy atom. The SMILES string of the molecule is CCCCCCCCCCCCCCCCCCN=C(OCC)OCCCCCCCCCCCC. The minimum Gasteiger partial charge on any atom is -0.451 e. The molecule has 0 saturated carbocycles. The number of hydrogen-bond donors (Lipinski definition) is 0. The van der Waals surface area contributed by atoms with Crippen LogP contribution in [0.1, 0.15) is 188 Å². The van der Waals surface area contributed by atoms with Gasteiger partial charge in [0.1, 0.15) is 0 Å². The first-order chi connectivity index (χ1) is 17.8. The molecule has 0 heterocycles. The third-order valence-corrected chi connectivity index (χ3v) is 7.24. The zero-order valence-electron chi connectivity index (χ0n) is 25.3. The Labute approximate surface area is 228 Å². The van der Waals surface area contributed by atoms with Gasteiger partial charge in [-0.15, -0.1) is 0 Å². The summed E-state index contributed by atoms with van der Waals surface area (Å²) >= 11 is 0. The first-order valence-electron chi connectivity index (χ1n) is 16.6. The van der Waals surface area contributed by atoms with Crippen LogP contribution in [0.25, 0.3) is 0 Å². The van der Waals surface area contributed by atoms with Crippen LogP contribution in [-0.4, -0.2) is 25.8 Å². The number of hydrogen-bond acceptors (Lipinski definition) is 3. The maximum atomic E-state index is 5.81. The van der Waals surface area contributed by atoms with E-state index in [1.807, 2.05) is 6.92 Å². The summed E-state index contributed by atoms with van der Waals surface area (Å²) < 4.78 is 11.4. The van der Waals surface area contributed by atoms with E-state index in [1.54, 1.807) is 0 Å². The summed E-state index contributed by atoms with van der Waals surface area (Å²) in [4.78, 5) is 4.57. The van der Waals surface area contributed by atoms with Gasteiger partial charge in [0.05, 0.1) is 13.2 Å². The van der Waals surface area contributed by atoms with Crippen molar-refractivity contribution in [3.05, 3.63) is 0 Å². The van der Waals surface area contributed by atoms with Crippen LogP contribution < -0.4 is 0 Å². The lowest BCUT2D eigenvalue weighted by Gasteiger charge is -2.09. The Bertz CT molecular complexity index is 424. The van der Waals surface area contributed by atoms with Crippen LogP contribution in [0.4, 0.5) is 0 Å². The topological polar surface area (TPSA) is 30.8 Å². The Hall–Kier alpha value is -0.730. The molecule has 0 spiro atoms. The Morgan fingerprint density at radius 3 is 1.08 bits per heavy atom. The van der Waals surface area contributed by atoms with E-state index in [-0.39, 0.29) is 0 Å². The molecule has 36 heavy (non-hydrogen) atoms. The molecule has 216 valence electrons. The van der Waals surface area contributed by atoms with Crippen LogP contribution in [0.5, 0.6) is 0 Å². The van der Waals surface area contributed by atoms with Gasteiger partial charge in [-0.1, -0.05) is 168 Å². The highest BCUT2D eigenvalue weighted by Gasteiger charge is 2.01. The highest BCUT2D eigenvalue weighted by Crippen LogP contribution is 2.14. The van der Waals surface area contributed by atoms with Crippen molar-refractivity contribution < 1.29 is 9.47 Å². The van der Waals surface area contributed by atoms with Crippen molar-refractivity contribution in [2.75, 3.05) is 19.8 Å². The van der Waals surface area contributed by atoms with E-state index in [1.165, 1.54) is 154 Å². The fraction of sp³-hybridized carbons (Fsp3) is 0.970. The van der Waals surface area contributed by atoms with Crippen molar-refractivity contribution in [3.63, 3.8) is 0 Å². The van der Waals surface area contributed by atoms with Gasteiger partial charge in [-0.05, 0) is 19.8 Å². The smallest absolute Gasteiger partial charge is 0.383 e. The zero-order valence-corrected chi connectivity index (χ0v) is 25.3. The first-order valence-corrected chi connectivity index (χ1v) is 16.6. The molecule has 0 saturated heterocycles. The predicted octanol–water partition coefficient (Wildman–Crippen LogP) is 11.6. The maximum absolute atomic E-state index is 5.81. The van der Waals surface area contributed by atoms with E-state index in [9.17, 15) is 0 Å². The van der Waals surface area contributed by atoms with Gasteiger partial charge in [-0.3, -0.25) is 0 Å². The van der Waals surface area contributed by atoms with Crippen LogP contribution in [-0.2, 0) is 9.47 Å². The molecule has 0 radical (unpaired) electrons. The normalized spacial score (nSPS) is 11.8. The highest BCUT2D eigenvalue weighted by molar-refractivity contribution is 5.66. The monoisotopic (exact) mass is 510 g/mol. The molecule has 0 atom stereocenters. The second kappa shape index (κ2) is 32.3. The molecule has 0 aliphatic carbocycles. The highest BCUT2D eigenvalue weighted by atomic mass is 16.7. The zero-order chi connectivity index (χ0) is 26.2. The van der Waals surface area contributed by atoms with E-state index < -0.39 is 0 Å². The molecule has 0 fully saturated rings. The molecule has 0 aromatic rings. The molecular weight excluding hydrogens is 442 g/mol. The van der Waals surface area contributed by atoms with Gasteiger partial charge in [-0.25, -0.2) is 4.99 Å². The van der Waals surface area contributed by atoms with Crippen molar-refractivity contribution in [3.8, 4) is 0 Å². The average Bonchev–Trinajstić information content (AvgIpc) is 2.89. The van der Waals surface area contributed by atoms with Gasteiger partial charge in [0.2, 0.25) is 0 Å². The minimum atomic E-state index is 0.523. The summed E-state index contributed by atoms with van der Waals surface area (Å²) in [6.07, 6.45) is 36.4. The minimum absolute atomic E-state index is 0.523. The van der Waals surface area contributed by atoms with Crippen LogP contribution in [0.3, 0.4) is 0 Å². The number of nitrogens with zero attached hydrogens (tertiary/aromatic N) is 1. The third kappa shape index (κ3) is 29.5. The summed E-state index contributed by atoms with van der Waals surface area (Å²) in [7, 11) is 0.